The first kappa shape index (κ1) is 37.5. The van der Waals surface area contributed by atoms with Crippen LogP contribution in [0.25, 0.3) is 11.2 Å². The van der Waals surface area contributed by atoms with Gasteiger partial charge in [-0.15, -0.1) is 5.10 Å². The van der Waals surface area contributed by atoms with E-state index in [0.29, 0.717) is 22.9 Å². The zero-order valence-electron chi connectivity index (χ0n) is 28.3. The van der Waals surface area contributed by atoms with Gasteiger partial charge in [-0.25, -0.2) is 0 Å². The Balaban J connectivity index is 1.38. The van der Waals surface area contributed by atoms with Gasteiger partial charge in [-0.2, -0.15) is 14.6 Å². The van der Waals surface area contributed by atoms with E-state index in [4.69, 9.17) is 55.5 Å². The molecule has 0 unspecified atom stereocenters. The number of fused-ring (bicyclic) bond motifs is 2. The summed E-state index contributed by atoms with van der Waals surface area (Å²) in [5.74, 6) is -1.28. The van der Waals surface area contributed by atoms with E-state index in [1.54, 1.807) is 61.5 Å². The molecule has 15 nitrogen and oxygen atoms in total. The molecule has 4 heterocycles. The first-order chi connectivity index (χ1) is 22.2. The van der Waals surface area contributed by atoms with E-state index in [2.05, 4.69) is 25.6 Å². The van der Waals surface area contributed by atoms with E-state index in [1.165, 1.54) is 11.8 Å². The lowest BCUT2D eigenvalue weighted by Gasteiger charge is -2.33. The predicted molar refractivity (Wildman–Crippen MR) is 179 cm³/mol. The molecule has 0 radical (unpaired) electrons. The highest BCUT2D eigenvalue weighted by Crippen LogP contribution is 2.66. The van der Waals surface area contributed by atoms with Gasteiger partial charge in [0.15, 0.2) is 34.9 Å². The summed E-state index contributed by atoms with van der Waals surface area (Å²) in [4.78, 5) is 8.69. The molecule has 0 bridgehead atoms. The van der Waals surface area contributed by atoms with Gasteiger partial charge in [0, 0.05) is 18.7 Å². The third-order valence-electron chi connectivity index (χ3n) is 6.95. The highest BCUT2D eigenvalue weighted by Gasteiger charge is 2.57. The van der Waals surface area contributed by atoms with Gasteiger partial charge < -0.3 is 37.6 Å². The molecule has 1 aromatic carbocycles. The molecular formula is C29H42Cl2N6O9P2. The minimum absolute atomic E-state index is 0.0496. The third-order valence-corrected chi connectivity index (χ3v) is 13.0. The summed E-state index contributed by atoms with van der Waals surface area (Å²) in [5, 5.41) is 12.4. The Labute approximate surface area is 289 Å². The molecule has 2 aliphatic heterocycles. The van der Waals surface area contributed by atoms with Crippen LogP contribution in [0.2, 0.25) is 10.3 Å². The van der Waals surface area contributed by atoms with Crippen molar-refractivity contribution in [3.8, 4) is 0 Å². The molecule has 2 saturated heterocycles. The van der Waals surface area contributed by atoms with Crippen LogP contribution in [-0.2, 0) is 48.0 Å². The van der Waals surface area contributed by atoms with Crippen molar-refractivity contribution in [2.45, 2.75) is 103 Å². The molecule has 48 heavy (non-hydrogen) atoms. The van der Waals surface area contributed by atoms with Crippen molar-refractivity contribution in [3.63, 3.8) is 0 Å². The van der Waals surface area contributed by atoms with Crippen LogP contribution in [0.5, 0.6) is 0 Å². The maximum absolute atomic E-state index is 13.9. The van der Waals surface area contributed by atoms with Gasteiger partial charge >= 0.3 is 15.2 Å². The lowest BCUT2D eigenvalue weighted by molar-refractivity contribution is -0.200. The number of halogens is 2. The quantitative estimate of drug-likeness (QED) is 0.146. The van der Waals surface area contributed by atoms with Crippen LogP contribution < -0.4 is 5.32 Å². The standard InChI is InChI=1S/C29H42Cl2N6O9P2/c1-27(2,3)45-48(39,46-28(4,5)6)16-47(38,40-9)41-15-19-21-22(44-29(7,8)43-21)25(42-19)37-24-20(35-36-37)23(33-26(31)34-24)32-14-17-12-10-11-13-18(17)30/h10-13,19,21-22,25H,14-16H2,1-9H3,(H,32,33,34)/t19-,21-,22-,25-,47-/m1/s1. The molecule has 266 valence electrons. The number of hydrogen-bond donors (Lipinski definition) is 1. The van der Waals surface area contributed by atoms with E-state index >= 15 is 0 Å². The average Bonchev–Trinajstić information content (AvgIpc) is 3.59. The first-order valence-electron chi connectivity index (χ1n) is 15.3. The smallest absolute Gasteiger partial charge is 0.343 e. The van der Waals surface area contributed by atoms with Crippen molar-refractivity contribution >= 4 is 55.4 Å². The largest absolute Gasteiger partial charge is 0.364 e. The second-order valence-electron chi connectivity index (χ2n) is 13.9. The van der Waals surface area contributed by atoms with Gasteiger partial charge in [0.1, 0.15) is 18.3 Å². The Morgan fingerprint density at radius 3 is 2.25 bits per heavy atom. The summed E-state index contributed by atoms with van der Waals surface area (Å²) in [6, 6.07) is 7.40. The number of nitrogens with zero attached hydrogens (tertiary/aromatic N) is 5. The Bertz CT molecular complexity index is 1710. The highest BCUT2D eigenvalue weighted by molar-refractivity contribution is 7.71. The number of anilines is 1. The number of hydrogen-bond acceptors (Lipinski definition) is 14. The number of benzene rings is 1. The van der Waals surface area contributed by atoms with Gasteiger partial charge in [0.05, 0.1) is 17.8 Å². The minimum atomic E-state index is -4.06. The number of rotatable bonds is 12. The third kappa shape index (κ3) is 8.94. The van der Waals surface area contributed by atoms with E-state index < -0.39 is 62.6 Å². The molecule has 2 fully saturated rings. The normalized spacial score (nSPS) is 24.1. The lowest BCUT2D eigenvalue weighted by atomic mass is 10.1. The van der Waals surface area contributed by atoms with Crippen LogP contribution in [0.4, 0.5) is 5.82 Å². The summed E-state index contributed by atoms with van der Waals surface area (Å²) in [6.45, 7) is 13.9. The van der Waals surface area contributed by atoms with Crippen molar-refractivity contribution in [1.29, 1.82) is 0 Å². The predicted octanol–water partition coefficient (Wildman–Crippen LogP) is 7.19. The van der Waals surface area contributed by atoms with Gasteiger partial charge in [0.2, 0.25) is 5.28 Å². The molecule has 0 aliphatic carbocycles. The molecular weight excluding hydrogens is 709 g/mol. The number of ether oxygens (including phenoxy) is 3. The summed E-state index contributed by atoms with van der Waals surface area (Å²) in [5.41, 5.74) is -0.283. The molecule has 0 spiro atoms. The van der Waals surface area contributed by atoms with Crippen molar-refractivity contribution in [3.05, 3.63) is 40.1 Å². The molecule has 0 saturated carbocycles. The Hall–Kier alpha value is -1.74. The van der Waals surface area contributed by atoms with E-state index in [0.717, 1.165) is 5.56 Å². The SMILES string of the molecule is CO[P@](=O)(CP(=O)(OC(C)(C)C)OC(C)(C)C)OC[C@H]1O[C@@H](n2nnc3c(NCc4ccccc4Cl)nc(Cl)nc32)[C@@H]2OC(C)(C)O[C@@H]21. The van der Waals surface area contributed by atoms with Crippen molar-refractivity contribution in [2.24, 2.45) is 0 Å². The second kappa shape index (κ2) is 13.8. The highest BCUT2D eigenvalue weighted by atomic mass is 35.5. The molecule has 5 rings (SSSR count). The lowest BCUT2D eigenvalue weighted by Crippen LogP contribution is -2.33. The molecule has 2 aliphatic rings. The minimum Gasteiger partial charge on any atom is -0.364 e. The van der Waals surface area contributed by atoms with Crippen LogP contribution >= 0.6 is 38.4 Å². The van der Waals surface area contributed by atoms with Gasteiger partial charge in [-0.3, -0.25) is 9.13 Å². The summed E-state index contributed by atoms with van der Waals surface area (Å²) >= 11 is 12.7. The summed E-state index contributed by atoms with van der Waals surface area (Å²) < 4.78 is 70.9. The molecule has 2 aromatic heterocycles. The molecule has 0 amide bonds. The van der Waals surface area contributed by atoms with Crippen LogP contribution in [0.15, 0.2) is 24.3 Å². The monoisotopic (exact) mass is 750 g/mol. The second-order valence-corrected chi connectivity index (χ2v) is 19.2. The van der Waals surface area contributed by atoms with Crippen LogP contribution in [0, 0.1) is 0 Å². The maximum atomic E-state index is 13.9. The molecule has 5 atom stereocenters. The molecule has 19 heteroatoms. The van der Waals surface area contributed by atoms with Crippen molar-refractivity contribution in [2.75, 3.05) is 24.9 Å². The fourth-order valence-corrected chi connectivity index (χ4v) is 10.9. The van der Waals surface area contributed by atoms with E-state index in [1.807, 2.05) is 18.2 Å². The summed E-state index contributed by atoms with van der Waals surface area (Å²) in [6.07, 6.45) is -3.12. The fourth-order valence-electron chi connectivity index (χ4n) is 5.37. The summed E-state index contributed by atoms with van der Waals surface area (Å²) in [7, 11) is -6.85. The van der Waals surface area contributed by atoms with Crippen LogP contribution in [0.3, 0.4) is 0 Å². The van der Waals surface area contributed by atoms with Gasteiger partial charge in [-0.1, -0.05) is 35.0 Å². The molecule has 3 aromatic rings. The fraction of sp³-hybridized carbons (Fsp3) is 0.655. The first-order valence-corrected chi connectivity index (χ1v) is 19.5. The van der Waals surface area contributed by atoms with Crippen LogP contribution in [-0.4, -0.2) is 79.9 Å². The van der Waals surface area contributed by atoms with E-state index in [-0.39, 0.29) is 17.5 Å². The van der Waals surface area contributed by atoms with Crippen LogP contribution in [0.1, 0.15) is 67.2 Å². The average molecular weight is 752 g/mol. The maximum Gasteiger partial charge on any atom is 0.343 e. The zero-order chi connectivity index (χ0) is 35.3. The number of nitrogens with one attached hydrogen (secondary N) is 1. The Kier molecular flexibility index (Phi) is 10.8. The van der Waals surface area contributed by atoms with Gasteiger partial charge in [-0.05, 0) is 78.6 Å². The topological polar surface area (TPSA) is 167 Å². The molecule has 1 N–H and O–H groups in total. The number of aromatic nitrogens is 5. The Morgan fingerprint density at radius 1 is 0.979 bits per heavy atom. The Morgan fingerprint density at radius 2 is 1.62 bits per heavy atom. The van der Waals surface area contributed by atoms with E-state index in [9.17, 15) is 9.13 Å². The van der Waals surface area contributed by atoms with Crippen molar-refractivity contribution in [1.82, 2.24) is 25.0 Å². The van der Waals surface area contributed by atoms with Crippen molar-refractivity contribution < 1.29 is 41.4 Å². The zero-order valence-corrected chi connectivity index (χ0v) is 31.6. The van der Waals surface area contributed by atoms with Gasteiger partial charge in [0.25, 0.3) is 0 Å².